The zero-order valence-corrected chi connectivity index (χ0v) is 14.6. The van der Waals surface area contributed by atoms with Gasteiger partial charge in [-0.05, 0) is 30.3 Å². The third-order valence-electron chi connectivity index (χ3n) is 4.47. The maximum absolute atomic E-state index is 13.0. The fourth-order valence-corrected chi connectivity index (χ4v) is 4.71. The van der Waals surface area contributed by atoms with E-state index in [4.69, 9.17) is 5.73 Å². The zero-order chi connectivity index (χ0) is 17.2. The average Bonchev–Trinajstić information content (AvgIpc) is 2.62. The number of hydrogen-bond acceptors (Lipinski definition) is 4. The predicted octanol–water partition coefficient (Wildman–Crippen LogP) is 1.62. The number of nitrogens with two attached hydrogens (primary N) is 1. The van der Waals surface area contributed by atoms with Crippen molar-refractivity contribution in [3.05, 3.63) is 54.6 Å². The highest BCUT2D eigenvalue weighted by atomic mass is 32.2. The molecule has 2 N–H and O–H groups in total. The quantitative estimate of drug-likeness (QED) is 0.914. The summed E-state index contributed by atoms with van der Waals surface area (Å²) >= 11 is 0. The Hall–Kier alpha value is -1.73. The number of sulfonamides is 1. The van der Waals surface area contributed by atoms with E-state index in [1.54, 1.807) is 16.4 Å². The zero-order valence-electron chi connectivity index (χ0n) is 13.8. The third-order valence-corrected chi connectivity index (χ3v) is 6.44. The topological polar surface area (TPSA) is 66.6 Å². The van der Waals surface area contributed by atoms with E-state index in [1.807, 2.05) is 49.5 Å². The lowest BCUT2D eigenvalue weighted by Crippen LogP contribution is -2.56. The lowest BCUT2D eigenvalue weighted by molar-refractivity contribution is 0.164. The van der Waals surface area contributed by atoms with E-state index in [0.717, 1.165) is 17.7 Å². The molecule has 128 valence electrons. The average molecular weight is 345 g/mol. The van der Waals surface area contributed by atoms with Gasteiger partial charge in [0.1, 0.15) is 0 Å². The van der Waals surface area contributed by atoms with Gasteiger partial charge in [-0.3, -0.25) is 0 Å². The lowest BCUT2D eigenvalue weighted by atomic mass is 10.1. The van der Waals surface area contributed by atoms with Gasteiger partial charge in [0.2, 0.25) is 10.0 Å². The molecule has 1 heterocycles. The van der Waals surface area contributed by atoms with E-state index < -0.39 is 10.0 Å². The Labute approximate surface area is 143 Å². The lowest BCUT2D eigenvalue weighted by Gasteiger charge is -2.38. The van der Waals surface area contributed by atoms with Crippen LogP contribution in [0, 0.1) is 0 Å². The molecule has 0 spiro atoms. The van der Waals surface area contributed by atoms with Crippen molar-refractivity contribution < 1.29 is 8.42 Å². The van der Waals surface area contributed by atoms with Crippen LogP contribution in [0.25, 0.3) is 11.1 Å². The van der Waals surface area contributed by atoms with Crippen LogP contribution in [0.15, 0.2) is 59.5 Å². The summed E-state index contributed by atoms with van der Waals surface area (Å²) in [7, 11) is -1.53. The number of rotatable bonds is 4. The molecular formula is C18H23N3O2S. The second kappa shape index (κ2) is 7.03. The molecule has 5 nitrogen and oxygen atoms in total. The molecule has 1 atom stereocenters. The van der Waals surface area contributed by atoms with E-state index in [9.17, 15) is 8.42 Å². The van der Waals surface area contributed by atoms with Gasteiger partial charge in [0, 0.05) is 26.2 Å². The van der Waals surface area contributed by atoms with Gasteiger partial charge in [0.25, 0.3) is 0 Å². The smallest absolute Gasteiger partial charge is 0.243 e. The fourth-order valence-electron chi connectivity index (χ4n) is 3.09. The SMILES string of the molecule is CN1CCN(S(=O)(=O)c2ccc(-c3ccccc3)cc2)[C@H](CN)C1. The first-order chi connectivity index (χ1) is 11.5. The number of nitrogens with zero attached hydrogens (tertiary/aromatic N) is 2. The molecule has 3 rings (SSSR count). The number of likely N-dealkylation sites (N-methyl/N-ethyl adjacent to an activating group) is 1. The summed E-state index contributed by atoms with van der Waals surface area (Å²) in [6, 6.07) is 16.8. The molecule has 0 aromatic heterocycles. The van der Waals surface area contributed by atoms with E-state index in [1.165, 1.54) is 0 Å². The van der Waals surface area contributed by atoms with Crippen molar-refractivity contribution in [2.75, 3.05) is 33.2 Å². The molecule has 1 aliphatic heterocycles. The minimum atomic E-state index is -3.52. The fraction of sp³-hybridized carbons (Fsp3) is 0.333. The highest BCUT2D eigenvalue weighted by molar-refractivity contribution is 7.89. The third kappa shape index (κ3) is 3.37. The summed E-state index contributed by atoms with van der Waals surface area (Å²) in [6.07, 6.45) is 0. The maximum Gasteiger partial charge on any atom is 0.243 e. The standard InChI is InChI=1S/C18H23N3O2S/c1-20-11-12-21(17(13-19)14-20)24(22,23)18-9-7-16(8-10-18)15-5-3-2-4-6-15/h2-10,17H,11-14,19H2,1H3/t17-/m1/s1. The van der Waals surface area contributed by atoms with Crippen LogP contribution in [0.3, 0.4) is 0 Å². The molecule has 0 amide bonds. The molecule has 24 heavy (non-hydrogen) atoms. The molecule has 2 aromatic rings. The van der Waals surface area contributed by atoms with Gasteiger partial charge < -0.3 is 10.6 Å². The van der Waals surface area contributed by atoms with Crippen LogP contribution in [0.5, 0.6) is 0 Å². The van der Waals surface area contributed by atoms with Crippen LogP contribution < -0.4 is 5.73 Å². The normalized spacial score (nSPS) is 20.2. The Morgan fingerprint density at radius 3 is 2.25 bits per heavy atom. The molecular weight excluding hydrogens is 322 g/mol. The van der Waals surface area contributed by atoms with Crippen molar-refractivity contribution in [1.82, 2.24) is 9.21 Å². The first kappa shape index (κ1) is 17.1. The van der Waals surface area contributed by atoms with Crippen molar-refractivity contribution >= 4 is 10.0 Å². The van der Waals surface area contributed by atoms with E-state index >= 15 is 0 Å². The Balaban J connectivity index is 1.87. The second-order valence-corrected chi connectivity index (χ2v) is 8.05. The second-order valence-electron chi connectivity index (χ2n) is 6.16. The molecule has 0 aliphatic carbocycles. The van der Waals surface area contributed by atoms with Crippen molar-refractivity contribution in [2.24, 2.45) is 5.73 Å². The number of hydrogen-bond donors (Lipinski definition) is 1. The Kier molecular flexibility index (Phi) is 5.01. The number of piperazine rings is 1. The molecule has 0 radical (unpaired) electrons. The molecule has 0 bridgehead atoms. The van der Waals surface area contributed by atoms with Crippen molar-refractivity contribution in [3.8, 4) is 11.1 Å². The van der Waals surface area contributed by atoms with Gasteiger partial charge in [-0.25, -0.2) is 8.42 Å². The van der Waals surface area contributed by atoms with Gasteiger partial charge in [-0.1, -0.05) is 42.5 Å². The summed E-state index contributed by atoms with van der Waals surface area (Å²) in [4.78, 5) is 2.44. The molecule has 2 aromatic carbocycles. The predicted molar refractivity (Wildman–Crippen MR) is 96.1 cm³/mol. The Morgan fingerprint density at radius 1 is 1.00 bits per heavy atom. The molecule has 1 fully saturated rings. The Bertz CT molecular complexity index is 776. The maximum atomic E-state index is 13.0. The van der Waals surface area contributed by atoms with Gasteiger partial charge >= 0.3 is 0 Å². The summed E-state index contributed by atoms with van der Waals surface area (Å²) in [5.41, 5.74) is 7.87. The molecule has 1 saturated heterocycles. The molecule has 1 aliphatic rings. The van der Waals surface area contributed by atoms with Crippen molar-refractivity contribution in [1.29, 1.82) is 0 Å². The van der Waals surface area contributed by atoms with Crippen LogP contribution in [-0.4, -0.2) is 56.9 Å². The summed E-state index contributed by atoms with van der Waals surface area (Å²) in [6.45, 7) is 2.18. The highest BCUT2D eigenvalue weighted by Gasteiger charge is 2.34. The summed E-state index contributed by atoms with van der Waals surface area (Å²) in [5, 5.41) is 0. The molecule has 6 heteroatoms. The minimum Gasteiger partial charge on any atom is -0.329 e. The molecule has 0 unspecified atom stereocenters. The summed E-state index contributed by atoms with van der Waals surface area (Å²) in [5.74, 6) is 0. The van der Waals surface area contributed by atoms with E-state index in [0.29, 0.717) is 24.5 Å². The minimum absolute atomic E-state index is 0.178. The Morgan fingerprint density at radius 2 is 1.62 bits per heavy atom. The van der Waals surface area contributed by atoms with Crippen molar-refractivity contribution in [2.45, 2.75) is 10.9 Å². The van der Waals surface area contributed by atoms with Crippen LogP contribution in [0.4, 0.5) is 0 Å². The number of benzene rings is 2. The van der Waals surface area contributed by atoms with Gasteiger partial charge in [-0.15, -0.1) is 0 Å². The monoisotopic (exact) mass is 345 g/mol. The highest BCUT2D eigenvalue weighted by Crippen LogP contribution is 2.24. The first-order valence-electron chi connectivity index (χ1n) is 8.08. The largest absolute Gasteiger partial charge is 0.329 e. The van der Waals surface area contributed by atoms with Gasteiger partial charge in [0.05, 0.1) is 10.9 Å². The van der Waals surface area contributed by atoms with Crippen LogP contribution >= 0.6 is 0 Å². The van der Waals surface area contributed by atoms with E-state index in [-0.39, 0.29) is 6.04 Å². The van der Waals surface area contributed by atoms with Crippen molar-refractivity contribution in [3.63, 3.8) is 0 Å². The van der Waals surface area contributed by atoms with Gasteiger partial charge in [0.15, 0.2) is 0 Å². The van der Waals surface area contributed by atoms with Gasteiger partial charge in [-0.2, -0.15) is 4.31 Å². The molecule has 0 saturated carbocycles. The van der Waals surface area contributed by atoms with Crippen LogP contribution in [0.2, 0.25) is 0 Å². The summed E-state index contributed by atoms with van der Waals surface area (Å²) < 4.78 is 27.5. The van der Waals surface area contributed by atoms with Crippen LogP contribution in [-0.2, 0) is 10.0 Å². The van der Waals surface area contributed by atoms with E-state index in [2.05, 4.69) is 4.90 Å². The van der Waals surface area contributed by atoms with Crippen LogP contribution in [0.1, 0.15) is 0 Å². The first-order valence-corrected chi connectivity index (χ1v) is 9.52.